The highest BCUT2D eigenvalue weighted by atomic mass is 79.9. The third-order valence-electron chi connectivity index (χ3n) is 3.53. The maximum atomic E-state index is 12.3. The second-order valence-corrected chi connectivity index (χ2v) is 6.10. The second kappa shape index (κ2) is 6.38. The van der Waals surface area contributed by atoms with Gasteiger partial charge >= 0.3 is 5.97 Å². The van der Waals surface area contributed by atoms with Gasteiger partial charge in [-0.1, -0.05) is 46.3 Å². The van der Waals surface area contributed by atoms with Crippen LogP contribution in [0.4, 0.5) is 0 Å². The Kier molecular flexibility index (Phi) is 4.30. The lowest BCUT2D eigenvalue weighted by Crippen LogP contribution is -2.24. The van der Waals surface area contributed by atoms with Crippen LogP contribution in [0.2, 0.25) is 0 Å². The highest BCUT2D eigenvalue weighted by Crippen LogP contribution is 2.17. The number of Topliss-reactive ketones (excluding diaryl/α,β-unsaturated/α-hetero) is 1. The predicted octanol–water partition coefficient (Wildman–Crippen LogP) is 4.36. The molecule has 0 saturated heterocycles. The molecule has 0 amide bonds. The van der Waals surface area contributed by atoms with E-state index in [0.29, 0.717) is 11.3 Å². The molecule has 23 heavy (non-hydrogen) atoms. The number of hydrogen-bond donors (Lipinski definition) is 1. The first-order chi connectivity index (χ1) is 11.0. The van der Waals surface area contributed by atoms with E-state index >= 15 is 0 Å². The zero-order valence-electron chi connectivity index (χ0n) is 12.4. The van der Waals surface area contributed by atoms with Crippen LogP contribution in [0.25, 0.3) is 10.9 Å². The molecule has 0 radical (unpaired) electrons. The highest BCUT2D eigenvalue weighted by Gasteiger charge is 2.21. The summed E-state index contributed by atoms with van der Waals surface area (Å²) in [6.45, 7) is 1.57. The lowest BCUT2D eigenvalue weighted by atomic mass is 10.1. The Balaban J connectivity index is 1.73. The average Bonchev–Trinajstić information content (AvgIpc) is 2.99. The van der Waals surface area contributed by atoms with Crippen molar-refractivity contribution >= 4 is 38.6 Å². The number of carbonyl (C=O) groups excluding carboxylic acids is 2. The number of ether oxygens (including phenoxy) is 1. The minimum atomic E-state index is -0.852. The zero-order valence-corrected chi connectivity index (χ0v) is 14.0. The van der Waals surface area contributed by atoms with Crippen molar-refractivity contribution in [2.24, 2.45) is 0 Å². The number of hydrogen-bond acceptors (Lipinski definition) is 3. The second-order valence-electron chi connectivity index (χ2n) is 5.19. The van der Waals surface area contributed by atoms with E-state index in [9.17, 15) is 9.59 Å². The third-order valence-corrected chi connectivity index (χ3v) is 4.06. The number of aromatic nitrogens is 1. The van der Waals surface area contributed by atoms with Gasteiger partial charge in [-0.2, -0.15) is 0 Å². The van der Waals surface area contributed by atoms with Gasteiger partial charge in [0, 0.05) is 20.9 Å². The molecule has 0 saturated carbocycles. The zero-order chi connectivity index (χ0) is 16.4. The molecule has 4 nitrogen and oxygen atoms in total. The molecule has 0 fully saturated rings. The quantitative estimate of drug-likeness (QED) is 0.547. The molecule has 0 aliphatic carbocycles. The van der Waals surface area contributed by atoms with Crippen LogP contribution < -0.4 is 0 Å². The molecule has 0 bridgehead atoms. The standard InChI is InChI=1S/C18H14BrNO3/c1-11(17(21)12-6-8-14(19)9-7-12)23-18(22)16-10-13-4-2-3-5-15(13)20-16/h2-11,20H,1H3/t11-/m1/s1. The van der Waals surface area contributed by atoms with Crippen molar-refractivity contribution in [1.82, 2.24) is 4.98 Å². The van der Waals surface area contributed by atoms with Gasteiger partial charge in [0.1, 0.15) is 5.69 Å². The molecular weight excluding hydrogens is 358 g/mol. The van der Waals surface area contributed by atoms with Crippen molar-refractivity contribution < 1.29 is 14.3 Å². The minimum absolute atomic E-state index is 0.234. The van der Waals surface area contributed by atoms with Crippen LogP contribution in [0.3, 0.4) is 0 Å². The van der Waals surface area contributed by atoms with Gasteiger partial charge in [0.05, 0.1) is 0 Å². The fraction of sp³-hybridized carbons (Fsp3) is 0.111. The Bertz CT molecular complexity index is 834. The fourth-order valence-electron chi connectivity index (χ4n) is 2.31. The molecule has 0 spiro atoms. The monoisotopic (exact) mass is 371 g/mol. The number of rotatable bonds is 4. The van der Waals surface area contributed by atoms with Crippen LogP contribution >= 0.6 is 15.9 Å². The molecule has 2 aromatic carbocycles. The number of H-pyrrole nitrogens is 1. The molecule has 3 rings (SSSR count). The third kappa shape index (κ3) is 3.35. The number of nitrogens with one attached hydrogen (secondary N) is 1. The number of carbonyl (C=O) groups is 2. The van der Waals surface area contributed by atoms with Gasteiger partial charge < -0.3 is 9.72 Å². The van der Waals surface area contributed by atoms with Crippen LogP contribution in [0, 0.1) is 0 Å². The summed E-state index contributed by atoms with van der Waals surface area (Å²) in [7, 11) is 0. The molecule has 0 unspecified atom stereocenters. The van der Waals surface area contributed by atoms with Crippen molar-refractivity contribution in [2.75, 3.05) is 0 Å². The van der Waals surface area contributed by atoms with Gasteiger partial charge in [-0.25, -0.2) is 4.79 Å². The van der Waals surface area contributed by atoms with Gasteiger partial charge in [0.2, 0.25) is 5.78 Å². The topological polar surface area (TPSA) is 59.2 Å². The Hall–Kier alpha value is -2.40. The first-order valence-corrected chi connectivity index (χ1v) is 7.92. The first kappa shape index (κ1) is 15.5. The van der Waals surface area contributed by atoms with Crippen molar-refractivity contribution in [2.45, 2.75) is 13.0 Å². The summed E-state index contributed by atoms with van der Waals surface area (Å²) in [4.78, 5) is 27.5. The van der Waals surface area contributed by atoms with E-state index in [1.807, 2.05) is 24.3 Å². The van der Waals surface area contributed by atoms with E-state index < -0.39 is 12.1 Å². The fourth-order valence-corrected chi connectivity index (χ4v) is 2.57. The minimum Gasteiger partial charge on any atom is -0.450 e. The lowest BCUT2D eigenvalue weighted by molar-refractivity contribution is 0.0314. The number of aromatic amines is 1. The highest BCUT2D eigenvalue weighted by molar-refractivity contribution is 9.10. The normalized spacial score (nSPS) is 12.1. The first-order valence-electron chi connectivity index (χ1n) is 7.13. The van der Waals surface area contributed by atoms with Crippen LogP contribution in [-0.2, 0) is 4.74 Å². The van der Waals surface area contributed by atoms with Crippen LogP contribution in [0.15, 0.2) is 59.1 Å². The van der Waals surface area contributed by atoms with Crippen LogP contribution in [0.1, 0.15) is 27.8 Å². The summed E-state index contributed by atoms with van der Waals surface area (Å²) in [5.41, 5.74) is 1.69. The molecule has 5 heteroatoms. The molecule has 1 N–H and O–H groups in total. The Morgan fingerprint density at radius 2 is 1.78 bits per heavy atom. The van der Waals surface area contributed by atoms with E-state index in [4.69, 9.17) is 4.74 Å². The predicted molar refractivity (Wildman–Crippen MR) is 91.6 cm³/mol. The molecule has 1 atom stereocenters. The van der Waals surface area contributed by atoms with Gasteiger partial charge in [-0.15, -0.1) is 0 Å². The molecule has 3 aromatic rings. The molecule has 1 heterocycles. The van der Waals surface area contributed by atoms with Crippen molar-refractivity contribution in [1.29, 1.82) is 0 Å². The number of para-hydroxylation sites is 1. The van der Waals surface area contributed by atoms with Gasteiger partial charge in [-0.05, 0) is 31.2 Å². The smallest absolute Gasteiger partial charge is 0.355 e. The maximum Gasteiger partial charge on any atom is 0.355 e. The van der Waals surface area contributed by atoms with E-state index in [1.165, 1.54) is 0 Å². The molecule has 0 aliphatic heterocycles. The number of fused-ring (bicyclic) bond motifs is 1. The molecule has 1 aromatic heterocycles. The van der Waals surface area contributed by atoms with Crippen LogP contribution in [0.5, 0.6) is 0 Å². The summed E-state index contributed by atoms with van der Waals surface area (Å²) in [5.74, 6) is -0.777. The number of ketones is 1. The summed E-state index contributed by atoms with van der Waals surface area (Å²) in [5, 5.41) is 0.923. The lowest BCUT2D eigenvalue weighted by Gasteiger charge is -2.11. The summed E-state index contributed by atoms with van der Waals surface area (Å²) in [6, 6.07) is 16.2. The van der Waals surface area contributed by atoms with E-state index in [2.05, 4.69) is 20.9 Å². The SMILES string of the molecule is C[C@@H](OC(=O)c1cc2ccccc2[nH]1)C(=O)c1ccc(Br)cc1. The Labute approximate surface area is 141 Å². The average molecular weight is 372 g/mol. The number of esters is 1. The van der Waals surface area contributed by atoms with Crippen molar-refractivity contribution in [3.05, 3.63) is 70.3 Å². The molecule has 0 aliphatic rings. The molecule has 116 valence electrons. The summed E-state index contributed by atoms with van der Waals surface area (Å²) in [6.07, 6.45) is -0.852. The van der Waals surface area contributed by atoms with Crippen molar-refractivity contribution in [3.8, 4) is 0 Å². The Morgan fingerprint density at radius 1 is 1.09 bits per heavy atom. The molecular formula is C18H14BrNO3. The largest absolute Gasteiger partial charge is 0.450 e. The van der Waals surface area contributed by atoms with E-state index in [0.717, 1.165) is 15.4 Å². The summed E-state index contributed by atoms with van der Waals surface area (Å²) >= 11 is 3.32. The van der Waals surface area contributed by atoms with Gasteiger partial charge in [-0.3, -0.25) is 4.79 Å². The van der Waals surface area contributed by atoms with Gasteiger partial charge in [0.25, 0.3) is 0 Å². The van der Waals surface area contributed by atoms with Crippen molar-refractivity contribution in [3.63, 3.8) is 0 Å². The maximum absolute atomic E-state index is 12.3. The Morgan fingerprint density at radius 3 is 2.48 bits per heavy atom. The van der Waals surface area contributed by atoms with Crippen LogP contribution in [-0.4, -0.2) is 22.8 Å². The number of halogens is 1. The van der Waals surface area contributed by atoms with E-state index in [1.54, 1.807) is 37.3 Å². The van der Waals surface area contributed by atoms with E-state index in [-0.39, 0.29) is 5.78 Å². The van der Waals surface area contributed by atoms with Gasteiger partial charge in [0.15, 0.2) is 6.10 Å². The number of benzene rings is 2. The summed E-state index contributed by atoms with van der Waals surface area (Å²) < 4.78 is 6.17.